The van der Waals surface area contributed by atoms with Crippen molar-refractivity contribution in [3.63, 3.8) is 0 Å². The molecule has 26 heavy (non-hydrogen) atoms. The molecule has 0 saturated carbocycles. The number of piperidine rings is 1. The van der Waals surface area contributed by atoms with Gasteiger partial charge >= 0.3 is 0 Å². The summed E-state index contributed by atoms with van der Waals surface area (Å²) in [5, 5.41) is 4.83. The first-order chi connectivity index (χ1) is 12.7. The van der Waals surface area contributed by atoms with Gasteiger partial charge < -0.3 is 10.2 Å². The Kier molecular flexibility index (Phi) is 5.36. The number of likely N-dealkylation sites (tertiary alicyclic amines) is 1. The van der Waals surface area contributed by atoms with Crippen LogP contribution in [0.4, 0.5) is 5.82 Å². The van der Waals surface area contributed by atoms with Gasteiger partial charge in [0.05, 0.1) is 5.52 Å². The Morgan fingerprint density at radius 3 is 2.81 bits per heavy atom. The molecule has 1 atom stereocenters. The van der Waals surface area contributed by atoms with Gasteiger partial charge in [0, 0.05) is 27.1 Å². The summed E-state index contributed by atoms with van der Waals surface area (Å²) in [5.41, 5.74) is 2.04. The van der Waals surface area contributed by atoms with E-state index in [1.807, 2.05) is 18.2 Å². The average molecular weight is 458 g/mol. The minimum Gasteiger partial charge on any atom is -0.365 e. The predicted octanol–water partition coefficient (Wildman–Crippen LogP) is 4.80. The molecular formula is C21H23IN4. The van der Waals surface area contributed by atoms with Gasteiger partial charge in [-0.05, 0) is 66.7 Å². The zero-order valence-corrected chi connectivity index (χ0v) is 17.1. The SMILES string of the molecule is CCN1CCCC(Nc2nc(-c3ccccc3)nc3ccc(I)cc23)C1. The normalized spacial score (nSPS) is 18.2. The van der Waals surface area contributed by atoms with Crippen LogP contribution < -0.4 is 5.32 Å². The number of hydrogen-bond acceptors (Lipinski definition) is 4. The third kappa shape index (κ3) is 3.83. The van der Waals surface area contributed by atoms with Crippen molar-refractivity contribution in [1.29, 1.82) is 0 Å². The highest BCUT2D eigenvalue weighted by Gasteiger charge is 2.20. The summed E-state index contributed by atoms with van der Waals surface area (Å²) in [6.07, 6.45) is 2.42. The molecule has 1 unspecified atom stereocenters. The molecule has 1 saturated heterocycles. The van der Waals surface area contributed by atoms with E-state index >= 15 is 0 Å². The molecule has 1 aromatic heterocycles. The summed E-state index contributed by atoms with van der Waals surface area (Å²) in [4.78, 5) is 12.2. The largest absolute Gasteiger partial charge is 0.365 e. The van der Waals surface area contributed by atoms with Crippen molar-refractivity contribution in [2.24, 2.45) is 0 Å². The molecule has 2 heterocycles. The lowest BCUT2D eigenvalue weighted by atomic mass is 10.1. The third-order valence-corrected chi connectivity index (χ3v) is 5.65. The summed E-state index contributed by atoms with van der Waals surface area (Å²) in [6.45, 7) is 5.62. The first kappa shape index (κ1) is 17.7. The van der Waals surface area contributed by atoms with Crippen LogP contribution in [0, 0.1) is 3.57 Å². The van der Waals surface area contributed by atoms with E-state index in [9.17, 15) is 0 Å². The van der Waals surface area contributed by atoms with E-state index in [-0.39, 0.29) is 0 Å². The van der Waals surface area contributed by atoms with Gasteiger partial charge in [-0.1, -0.05) is 37.3 Å². The van der Waals surface area contributed by atoms with E-state index in [2.05, 4.69) is 70.1 Å². The molecule has 0 aliphatic carbocycles. The van der Waals surface area contributed by atoms with Gasteiger partial charge in [0.1, 0.15) is 5.82 Å². The van der Waals surface area contributed by atoms with Crippen molar-refractivity contribution in [3.05, 3.63) is 52.1 Å². The monoisotopic (exact) mass is 458 g/mol. The Hall–Kier alpha value is -1.73. The highest BCUT2D eigenvalue weighted by Crippen LogP contribution is 2.28. The molecule has 0 amide bonds. The Bertz CT molecular complexity index is 897. The van der Waals surface area contributed by atoms with Gasteiger partial charge in [-0.15, -0.1) is 0 Å². The molecule has 1 N–H and O–H groups in total. The first-order valence-electron chi connectivity index (χ1n) is 9.24. The van der Waals surface area contributed by atoms with Crippen LogP contribution in [0.5, 0.6) is 0 Å². The molecule has 4 rings (SSSR count). The number of aromatic nitrogens is 2. The molecule has 0 bridgehead atoms. The van der Waals surface area contributed by atoms with E-state index in [0.29, 0.717) is 6.04 Å². The number of rotatable bonds is 4. The molecule has 134 valence electrons. The minimum absolute atomic E-state index is 0.434. The Labute approximate surface area is 168 Å². The van der Waals surface area contributed by atoms with Crippen LogP contribution in [0.25, 0.3) is 22.3 Å². The third-order valence-electron chi connectivity index (χ3n) is 4.98. The minimum atomic E-state index is 0.434. The molecule has 3 aromatic rings. The molecule has 1 fully saturated rings. The molecule has 0 spiro atoms. The number of anilines is 1. The molecule has 4 nitrogen and oxygen atoms in total. The topological polar surface area (TPSA) is 41.0 Å². The first-order valence-corrected chi connectivity index (χ1v) is 10.3. The fourth-order valence-corrected chi connectivity index (χ4v) is 4.07. The lowest BCUT2D eigenvalue weighted by Gasteiger charge is -2.32. The van der Waals surface area contributed by atoms with Gasteiger partial charge in [-0.3, -0.25) is 0 Å². The van der Waals surface area contributed by atoms with Gasteiger partial charge in [-0.25, -0.2) is 9.97 Å². The maximum Gasteiger partial charge on any atom is 0.162 e. The Morgan fingerprint density at radius 1 is 1.15 bits per heavy atom. The fraction of sp³-hybridized carbons (Fsp3) is 0.333. The molecule has 2 aromatic carbocycles. The second-order valence-corrected chi connectivity index (χ2v) is 8.05. The number of halogens is 1. The average Bonchev–Trinajstić information content (AvgIpc) is 2.69. The Balaban J connectivity index is 1.74. The van der Waals surface area contributed by atoms with Crippen LogP contribution in [-0.2, 0) is 0 Å². The zero-order valence-electron chi connectivity index (χ0n) is 15.0. The molecule has 1 aliphatic heterocycles. The van der Waals surface area contributed by atoms with Crippen molar-refractivity contribution >= 4 is 39.3 Å². The smallest absolute Gasteiger partial charge is 0.162 e. The second-order valence-electron chi connectivity index (χ2n) is 6.80. The van der Waals surface area contributed by atoms with Crippen molar-refractivity contribution in [2.45, 2.75) is 25.8 Å². The molecular weight excluding hydrogens is 435 g/mol. The van der Waals surface area contributed by atoms with Crippen LogP contribution in [0.2, 0.25) is 0 Å². The summed E-state index contributed by atoms with van der Waals surface area (Å²) < 4.78 is 1.20. The van der Waals surface area contributed by atoms with Crippen LogP contribution in [-0.4, -0.2) is 40.5 Å². The fourth-order valence-electron chi connectivity index (χ4n) is 3.58. The number of nitrogens with zero attached hydrogens (tertiary/aromatic N) is 3. The summed E-state index contributed by atoms with van der Waals surface area (Å²) in [5.74, 6) is 1.74. The summed E-state index contributed by atoms with van der Waals surface area (Å²) in [6, 6.07) is 17.0. The van der Waals surface area contributed by atoms with Crippen molar-refractivity contribution in [2.75, 3.05) is 25.0 Å². The summed E-state index contributed by atoms with van der Waals surface area (Å²) >= 11 is 2.35. The maximum absolute atomic E-state index is 4.91. The van der Waals surface area contributed by atoms with Gasteiger partial charge in [0.25, 0.3) is 0 Å². The highest BCUT2D eigenvalue weighted by molar-refractivity contribution is 14.1. The van der Waals surface area contributed by atoms with Crippen LogP contribution >= 0.6 is 22.6 Å². The highest BCUT2D eigenvalue weighted by atomic mass is 127. The van der Waals surface area contributed by atoms with Gasteiger partial charge in [0.15, 0.2) is 5.82 Å². The standard InChI is InChI=1S/C21H23IN4/c1-2-26-12-6-9-17(14-26)23-21-18-13-16(22)10-11-19(18)24-20(25-21)15-7-4-3-5-8-15/h3-5,7-8,10-11,13,17H,2,6,9,12,14H2,1H3,(H,23,24,25). The number of nitrogens with one attached hydrogen (secondary N) is 1. The Morgan fingerprint density at radius 2 is 2.00 bits per heavy atom. The van der Waals surface area contributed by atoms with Crippen molar-refractivity contribution in [1.82, 2.24) is 14.9 Å². The van der Waals surface area contributed by atoms with Crippen LogP contribution in [0.15, 0.2) is 48.5 Å². The second kappa shape index (κ2) is 7.88. The molecule has 0 radical (unpaired) electrons. The van der Waals surface area contributed by atoms with Gasteiger partial charge in [-0.2, -0.15) is 0 Å². The number of benzene rings is 2. The molecule has 1 aliphatic rings. The van der Waals surface area contributed by atoms with E-state index in [0.717, 1.165) is 41.2 Å². The summed E-state index contributed by atoms with van der Waals surface area (Å²) in [7, 11) is 0. The number of hydrogen-bond donors (Lipinski definition) is 1. The van der Waals surface area contributed by atoms with E-state index in [1.54, 1.807) is 0 Å². The van der Waals surface area contributed by atoms with Crippen molar-refractivity contribution in [3.8, 4) is 11.4 Å². The maximum atomic E-state index is 4.91. The van der Waals surface area contributed by atoms with Crippen molar-refractivity contribution < 1.29 is 0 Å². The zero-order chi connectivity index (χ0) is 17.9. The van der Waals surface area contributed by atoms with Crippen LogP contribution in [0.3, 0.4) is 0 Å². The predicted molar refractivity (Wildman–Crippen MR) is 116 cm³/mol. The van der Waals surface area contributed by atoms with E-state index in [1.165, 1.54) is 23.0 Å². The number of fused-ring (bicyclic) bond motifs is 1. The van der Waals surface area contributed by atoms with E-state index in [4.69, 9.17) is 9.97 Å². The quantitative estimate of drug-likeness (QED) is 0.571. The van der Waals surface area contributed by atoms with E-state index < -0.39 is 0 Å². The van der Waals surface area contributed by atoms with Gasteiger partial charge in [0.2, 0.25) is 0 Å². The van der Waals surface area contributed by atoms with Crippen LogP contribution in [0.1, 0.15) is 19.8 Å². The molecule has 5 heteroatoms. The number of likely N-dealkylation sites (N-methyl/N-ethyl adjacent to an activating group) is 1. The lowest BCUT2D eigenvalue weighted by Crippen LogP contribution is -2.42. The lowest BCUT2D eigenvalue weighted by molar-refractivity contribution is 0.226.